The number of halogens is 1. The number of hydrogen-bond acceptors (Lipinski definition) is 3. The van der Waals surface area contributed by atoms with Crippen LogP contribution < -0.4 is 20.1 Å². The van der Waals surface area contributed by atoms with Crippen LogP contribution in [0.1, 0.15) is 39.2 Å². The normalized spacial score (nSPS) is 17.7. The quantitative estimate of drug-likeness (QED) is 0.428. The van der Waals surface area contributed by atoms with Crippen LogP contribution in [0.25, 0.3) is 0 Å². The van der Waals surface area contributed by atoms with E-state index in [-0.39, 0.29) is 29.4 Å². The molecule has 1 aromatic carbocycles. The van der Waals surface area contributed by atoms with Gasteiger partial charge in [-0.25, -0.2) is 0 Å². The van der Waals surface area contributed by atoms with Gasteiger partial charge >= 0.3 is 0 Å². The molecule has 5 nitrogen and oxygen atoms in total. The average molecular weight is 431 g/mol. The summed E-state index contributed by atoms with van der Waals surface area (Å²) in [5.74, 6) is 2.60. The molecule has 3 rings (SSSR count). The van der Waals surface area contributed by atoms with Crippen LogP contribution in [0.5, 0.6) is 11.5 Å². The number of ether oxygens (including phenoxy) is 2. The molecule has 1 fully saturated rings. The van der Waals surface area contributed by atoms with Gasteiger partial charge in [-0.2, -0.15) is 0 Å². The SMILES string of the molecule is CCNC(=NCC1(c2ccc3c(c2)OCO3)CC1)NC(C)C.I. The molecule has 0 atom stereocenters. The molecule has 2 N–H and O–H groups in total. The smallest absolute Gasteiger partial charge is 0.231 e. The second-order valence-corrected chi connectivity index (χ2v) is 6.34. The summed E-state index contributed by atoms with van der Waals surface area (Å²) in [5, 5.41) is 6.67. The second kappa shape index (κ2) is 7.59. The molecule has 0 unspecified atom stereocenters. The van der Waals surface area contributed by atoms with Crippen molar-refractivity contribution in [1.82, 2.24) is 10.6 Å². The summed E-state index contributed by atoms with van der Waals surface area (Å²) in [4.78, 5) is 4.78. The van der Waals surface area contributed by atoms with Crippen molar-refractivity contribution in [2.45, 2.75) is 45.1 Å². The molecular weight excluding hydrogens is 405 g/mol. The van der Waals surface area contributed by atoms with Gasteiger partial charge in [0.1, 0.15) is 0 Å². The molecule has 1 saturated carbocycles. The van der Waals surface area contributed by atoms with Gasteiger partial charge in [0, 0.05) is 18.0 Å². The lowest BCUT2D eigenvalue weighted by Gasteiger charge is -2.17. The van der Waals surface area contributed by atoms with E-state index in [1.807, 2.05) is 6.07 Å². The third-order valence-electron chi connectivity index (χ3n) is 4.15. The lowest BCUT2D eigenvalue weighted by atomic mass is 9.96. The Kier molecular flexibility index (Phi) is 6.00. The van der Waals surface area contributed by atoms with Gasteiger partial charge in [-0.05, 0) is 51.3 Å². The molecule has 23 heavy (non-hydrogen) atoms. The van der Waals surface area contributed by atoms with Gasteiger partial charge < -0.3 is 20.1 Å². The van der Waals surface area contributed by atoms with Crippen molar-refractivity contribution in [3.63, 3.8) is 0 Å². The Balaban J connectivity index is 0.00000192. The van der Waals surface area contributed by atoms with Crippen molar-refractivity contribution in [2.24, 2.45) is 4.99 Å². The van der Waals surface area contributed by atoms with E-state index < -0.39 is 0 Å². The average Bonchev–Trinajstić information content (AvgIpc) is 3.13. The Labute approximate surface area is 155 Å². The molecule has 0 bridgehead atoms. The number of benzene rings is 1. The molecule has 1 aromatic rings. The fourth-order valence-electron chi connectivity index (χ4n) is 2.74. The standard InChI is InChI=1S/C17H25N3O2.HI/c1-4-18-16(20-12(2)3)19-10-17(7-8-17)13-5-6-14-15(9-13)22-11-21-14;/h5-6,9,12H,4,7-8,10-11H2,1-3H3,(H2,18,19,20);1H. The van der Waals surface area contributed by atoms with Crippen molar-refractivity contribution in [1.29, 1.82) is 0 Å². The second-order valence-electron chi connectivity index (χ2n) is 6.34. The zero-order valence-electron chi connectivity index (χ0n) is 14.0. The first-order valence-corrected chi connectivity index (χ1v) is 8.08. The van der Waals surface area contributed by atoms with Crippen molar-refractivity contribution < 1.29 is 9.47 Å². The molecule has 2 aliphatic rings. The summed E-state index contributed by atoms with van der Waals surface area (Å²) >= 11 is 0. The van der Waals surface area contributed by atoms with Crippen LogP contribution in [-0.2, 0) is 5.41 Å². The van der Waals surface area contributed by atoms with Gasteiger partial charge in [-0.15, -0.1) is 24.0 Å². The minimum atomic E-state index is 0. The topological polar surface area (TPSA) is 54.9 Å². The first-order chi connectivity index (χ1) is 10.6. The highest BCUT2D eigenvalue weighted by Gasteiger charge is 2.44. The summed E-state index contributed by atoms with van der Waals surface area (Å²) in [6, 6.07) is 6.66. The Morgan fingerprint density at radius 1 is 1.26 bits per heavy atom. The zero-order valence-corrected chi connectivity index (χ0v) is 16.3. The number of nitrogens with one attached hydrogen (secondary N) is 2. The molecule has 6 heteroatoms. The van der Waals surface area contributed by atoms with E-state index in [0.717, 1.165) is 30.5 Å². The highest BCUT2D eigenvalue weighted by molar-refractivity contribution is 14.0. The summed E-state index contributed by atoms with van der Waals surface area (Å²) in [7, 11) is 0. The maximum Gasteiger partial charge on any atom is 0.231 e. The summed E-state index contributed by atoms with van der Waals surface area (Å²) in [5.41, 5.74) is 1.47. The van der Waals surface area contributed by atoms with Crippen LogP contribution >= 0.6 is 24.0 Å². The number of rotatable bonds is 5. The fourth-order valence-corrected chi connectivity index (χ4v) is 2.74. The Hall–Kier alpha value is -1.18. The van der Waals surface area contributed by atoms with Gasteiger partial charge in [0.15, 0.2) is 17.5 Å². The lowest BCUT2D eigenvalue weighted by Crippen LogP contribution is -2.41. The van der Waals surface area contributed by atoms with Crippen molar-refractivity contribution in [3.8, 4) is 11.5 Å². The van der Waals surface area contributed by atoms with Crippen molar-refractivity contribution in [3.05, 3.63) is 23.8 Å². The van der Waals surface area contributed by atoms with Crippen LogP contribution in [0.15, 0.2) is 23.2 Å². The first-order valence-electron chi connectivity index (χ1n) is 8.08. The molecule has 1 aliphatic carbocycles. The minimum absolute atomic E-state index is 0. The van der Waals surface area contributed by atoms with E-state index >= 15 is 0 Å². The van der Waals surface area contributed by atoms with Crippen LogP contribution in [-0.4, -0.2) is 31.9 Å². The maximum absolute atomic E-state index is 5.50. The summed E-state index contributed by atoms with van der Waals surface area (Å²) in [6.07, 6.45) is 2.36. The predicted molar refractivity (Wildman–Crippen MR) is 103 cm³/mol. The Bertz CT molecular complexity index is 571. The molecule has 0 spiro atoms. The molecule has 0 aromatic heterocycles. The van der Waals surface area contributed by atoms with Crippen LogP contribution in [0.4, 0.5) is 0 Å². The first kappa shape index (κ1) is 18.2. The van der Waals surface area contributed by atoms with Crippen LogP contribution in [0.3, 0.4) is 0 Å². The molecule has 128 valence electrons. The van der Waals surface area contributed by atoms with Gasteiger partial charge in [0.25, 0.3) is 0 Å². The molecule has 0 radical (unpaired) electrons. The highest BCUT2D eigenvalue weighted by Crippen LogP contribution is 2.50. The van der Waals surface area contributed by atoms with Crippen molar-refractivity contribution in [2.75, 3.05) is 19.9 Å². The Morgan fingerprint density at radius 2 is 2.00 bits per heavy atom. The number of guanidine groups is 1. The van der Waals surface area contributed by atoms with Gasteiger partial charge in [0.05, 0.1) is 6.54 Å². The number of fused-ring (bicyclic) bond motifs is 1. The summed E-state index contributed by atoms with van der Waals surface area (Å²) < 4.78 is 10.9. The highest BCUT2D eigenvalue weighted by atomic mass is 127. The fraction of sp³-hybridized carbons (Fsp3) is 0.588. The van der Waals surface area contributed by atoms with E-state index in [0.29, 0.717) is 12.8 Å². The number of aliphatic imine (C=N–C) groups is 1. The van der Waals surface area contributed by atoms with E-state index in [2.05, 4.69) is 43.5 Å². The number of nitrogens with zero attached hydrogens (tertiary/aromatic N) is 1. The van der Waals surface area contributed by atoms with Gasteiger partial charge in [-0.3, -0.25) is 4.99 Å². The number of hydrogen-bond donors (Lipinski definition) is 2. The summed E-state index contributed by atoms with van der Waals surface area (Å²) in [6.45, 7) is 8.33. The predicted octanol–water partition coefficient (Wildman–Crippen LogP) is 3.03. The van der Waals surface area contributed by atoms with Gasteiger partial charge in [-0.1, -0.05) is 6.07 Å². The molecule has 1 heterocycles. The third-order valence-corrected chi connectivity index (χ3v) is 4.15. The van der Waals surface area contributed by atoms with Crippen LogP contribution in [0.2, 0.25) is 0 Å². The lowest BCUT2D eigenvalue weighted by molar-refractivity contribution is 0.174. The third kappa shape index (κ3) is 4.22. The minimum Gasteiger partial charge on any atom is -0.454 e. The van der Waals surface area contributed by atoms with E-state index in [9.17, 15) is 0 Å². The molecule has 1 aliphatic heterocycles. The van der Waals surface area contributed by atoms with Crippen molar-refractivity contribution >= 4 is 29.9 Å². The van der Waals surface area contributed by atoms with E-state index in [1.165, 1.54) is 18.4 Å². The monoisotopic (exact) mass is 431 g/mol. The molecule has 0 saturated heterocycles. The van der Waals surface area contributed by atoms with Crippen LogP contribution in [0, 0.1) is 0 Å². The zero-order chi connectivity index (χ0) is 15.6. The largest absolute Gasteiger partial charge is 0.454 e. The Morgan fingerprint density at radius 3 is 2.65 bits per heavy atom. The molecule has 0 amide bonds. The maximum atomic E-state index is 5.50. The van der Waals surface area contributed by atoms with E-state index in [4.69, 9.17) is 14.5 Å². The van der Waals surface area contributed by atoms with Gasteiger partial charge in [0.2, 0.25) is 6.79 Å². The van der Waals surface area contributed by atoms with E-state index in [1.54, 1.807) is 0 Å². The molecular formula is C17H26IN3O2.